The van der Waals surface area contributed by atoms with Gasteiger partial charge in [0.05, 0.1) is 4.92 Å². The lowest BCUT2D eigenvalue weighted by atomic mass is 10.1. The van der Waals surface area contributed by atoms with Crippen LogP contribution in [0.3, 0.4) is 0 Å². The molecule has 0 spiro atoms. The van der Waals surface area contributed by atoms with E-state index in [4.69, 9.17) is 5.11 Å². The lowest BCUT2D eigenvalue weighted by molar-refractivity contribution is -0.384. The zero-order valence-corrected chi connectivity index (χ0v) is 10.8. The van der Waals surface area contributed by atoms with Gasteiger partial charge in [0, 0.05) is 18.7 Å². The van der Waals surface area contributed by atoms with Crippen LogP contribution in [0, 0.1) is 10.1 Å². The molecule has 0 saturated heterocycles. The molecule has 0 aliphatic carbocycles. The Morgan fingerprint density at radius 2 is 2.05 bits per heavy atom. The highest BCUT2D eigenvalue weighted by molar-refractivity contribution is 5.73. The van der Waals surface area contributed by atoms with Gasteiger partial charge in [0.2, 0.25) is 0 Å². The van der Waals surface area contributed by atoms with E-state index in [2.05, 4.69) is 5.32 Å². The molecular weight excluding hydrogens is 248 g/mol. The number of nitro groups is 1. The minimum atomic E-state index is -0.865. The molecule has 1 aromatic carbocycles. The Morgan fingerprint density at radius 1 is 1.42 bits per heavy atom. The van der Waals surface area contributed by atoms with Crippen molar-refractivity contribution in [3.05, 3.63) is 39.9 Å². The molecule has 6 nitrogen and oxygen atoms in total. The van der Waals surface area contributed by atoms with E-state index >= 15 is 0 Å². The average molecular weight is 266 g/mol. The van der Waals surface area contributed by atoms with E-state index in [1.165, 1.54) is 12.1 Å². The molecule has 1 atom stereocenters. The molecule has 0 aromatic heterocycles. The molecule has 19 heavy (non-hydrogen) atoms. The fourth-order valence-corrected chi connectivity index (χ4v) is 1.70. The fraction of sp³-hybridized carbons (Fsp3) is 0.462. The molecule has 6 heteroatoms. The second kappa shape index (κ2) is 7.48. The van der Waals surface area contributed by atoms with Crippen molar-refractivity contribution in [3.63, 3.8) is 0 Å². The van der Waals surface area contributed by atoms with Crippen LogP contribution in [0.4, 0.5) is 5.69 Å². The Morgan fingerprint density at radius 3 is 2.53 bits per heavy atom. The fourth-order valence-electron chi connectivity index (χ4n) is 1.70. The molecule has 104 valence electrons. The predicted molar refractivity (Wildman–Crippen MR) is 70.9 cm³/mol. The van der Waals surface area contributed by atoms with Crippen LogP contribution in [0.5, 0.6) is 0 Å². The number of nitrogens with zero attached hydrogens (tertiary/aromatic N) is 1. The molecule has 0 radical (unpaired) electrons. The van der Waals surface area contributed by atoms with Gasteiger partial charge in [-0.25, -0.2) is 0 Å². The summed E-state index contributed by atoms with van der Waals surface area (Å²) in [4.78, 5) is 21.1. The van der Waals surface area contributed by atoms with Gasteiger partial charge in [0.15, 0.2) is 0 Å². The summed E-state index contributed by atoms with van der Waals surface area (Å²) in [6.07, 6.45) is 2.38. The Hall–Kier alpha value is -1.95. The van der Waals surface area contributed by atoms with Crippen molar-refractivity contribution < 1.29 is 14.8 Å². The highest BCUT2D eigenvalue weighted by atomic mass is 16.6. The zero-order chi connectivity index (χ0) is 14.3. The summed E-state index contributed by atoms with van der Waals surface area (Å²) in [7, 11) is 0. The number of nitro benzene ring substituents is 1. The monoisotopic (exact) mass is 266 g/mol. The molecule has 0 amide bonds. The number of hydrogen-bond acceptors (Lipinski definition) is 4. The van der Waals surface area contributed by atoms with Gasteiger partial charge in [-0.1, -0.05) is 31.9 Å². The van der Waals surface area contributed by atoms with Crippen LogP contribution in [0.15, 0.2) is 24.3 Å². The summed E-state index contributed by atoms with van der Waals surface area (Å²) >= 11 is 0. The van der Waals surface area contributed by atoms with E-state index in [1.54, 1.807) is 12.1 Å². The van der Waals surface area contributed by atoms with Crippen molar-refractivity contribution in [1.29, 1.82) is 0 Å². The highest BCUT2D eigenvalue weighted by Crippen LogP contribution is 2.12. The van der Waals surface area contributed by atoms with Gasteiger partial charge in [0.25, 0.3) is 5.69 Å². The molecule has 0 bridgehead atoms. The lowest BCUT2D eigenvalue weighted by Gasteiger charge is -2.13. The number of aliphatic carboxylic acids is 1. The maximum absolute atomic E-state index is 11.0. The molecular formula is C13H18N2O4. The van der Waals surface area contributed by atoms with Gasteiger partial charge in [-0.15, -0.1) is 0 Å². The van der Waals surface area contributed by atoms with Crippen molar-refractivity contribution in [1.82, 2.24) is 5.32 Å². The topological polar surface area (TPSA) is 92.5 Å². The number of nitrogens with one attached hydrogen (secondary N) is 1. The summed E-state index contributed by atoms with van der Waals surface area (Å²) < 4.78 is 0. The minimum absolute atomic E-state index is 0.0320. The van der Waals surface area contributed by atoms with E-state index in [-0.39, 0.29) is 5.69 Å². The first-order chi connectivity index (χ1) is 9.04. The number of unbranched alkanes of at least 4 members (excludes halogenated alkanes) is 1. The Labute approximate surface area is 111 Å². The number of carboxylic acids is 1. The Bertz CT molecular complexity index is 431. The van der Waals surface area contributed by atoms with E-state index < -0.39 is 16.9 Å². The minimum Gasteiger partial charge on any atom is -0.480 e. The van der Waals surface area contributed by atoms with E-state index in [0.717, 1.165) is 18.4 Å². The normalized spacial score (nSPS) is 12.1. The number of hydrogen-bond donors (Lipinski definition) is 2. The molecule has 0 aliphatic rings. The van der Waals surface area contributed by atoms with Gasteiger partial charge in [-0.2, -0.15) is 0 Å². The Kier molecular flexibility index (Phi) is 5.95. The number of benzene rings is 1. The maximum atomic E-state index is 11.0. The van der Waals surface area contributed by atoms with Crippen molar-refractivity contribution in [2.24, 2.45) is 0 Å². The van der Waals surface area contributed by atoms with Gasteiger partial charge in [-0.05, 0) is 12.0 Å². The second-order valence-electron chi connectivity index (χ2n) is 4.34. The highest BCUT2D eigenvalue weighted by Gasteiger charge is 2.15. The molecule has 0 heterocycles. The number of non-ortho nitro benzene ring substituents is 1. The van der Waals surface area contributed by atoms with Gasteiger partial charge in [0.1, 0.15) is 6.04 Å². The lowest BCUT2D eigenvalue weighted by Crippen LogP contribution is -2.36. The first-order valence-corrected chi connectivity index (χ1v) is 6.24. The summed E-state index contributed by atoms with van der Waals surface area (Å²) in [6.45, 7) is 2.40. The van der Waals surface area contributed by atoms with Crippen LogP contribution in [0.2, 0.25) is 0 Å². The summed E-state index contributed by atoms with van der Waals surface area (Å²) in [6, 6.07) is 5.51. The zero-order valence-electron chi connectivity index (χ0n) is 10.8. The predicted octanol–water partition coefficient (Wildman–Crippen LogP) is 2.33. The van der Waals surface area contributed by atoms with Crippen molar-refractivity contribution in [3.8, 4) is 0 Å². The molecule has 2 N–H and O–H groups in total. The number of rotatable bonds is 8. The molecule has 0 fully saturated rings. The largest absolute Gasteiger partial charge is 0.480 e. The molecule has 0 unspecified atom stereocenters. The van der Waals surface area contributed by atoms with E-state index in [9.17, 15) is 14.9 Å². The first-order valence-electron chi connectivity index (χ1n) is 6.24. The standard InChI is InChI=1S/C13H18N2O4/c1-2-3-4-12(13(16)17)14-9-10-5-7-11(8-6-10)15(18)19/h5-8,12,14H,2-4,9H2,1H3,(H,16,17)/t12-/m0/s1. The third-order valence-corrected chi connectivity index (χ3v) is 2.84. The van der Waals surface area contributed by atoms with Gasteiger partial charge in [-0.3, -0.25) is 14.9 Å². The van der Waals surface area contributed by atoms with E-state index in [0.29, 0.717) is 13.0 Å². The smallest absolute Gasteiger partial charge is 0.320 e. The van der Waals surface area contributed by atoms with Crippen molar-refractivity contribution >= 4 is 11.7 Å². The maximum Gasteiger partial charge on any atom is 0.320 e. The summed E-state index contributed by atoms with van der Waals surface area (Å²) in [5.74, 6) is -0.865. The van der Waals surface area contributed by atoms with Crippen LogP contribution in [0.25, 0.3) is 0 Å². The number of carboxylic acid groups (broad SMARTS) is 1. The molecule has 0 aliphatic heterocycles. The van der Waals surface area contributed by atoms with Crippen molar-refractivity contribution in [2.75, 3.05) is 0 Å². The second-order valence-corrected chi connectivity index (χ2v) is 4.34. The Balaban J connectivity index is 2.54. The third-order valence-electron chi connectivity index (χ3n) is 2.84. The SMILES string of the molecule is CCCC[C@H](NCc1ccc([N+](=O)[O-])cc1)C(=O)O. The third kappa shape index (κ3) is 5.05. The quantitative estimate of drug-likeness (QED) is 0.556. The number of carbonyl (C=O) groups is 1. The molecule has 1 aromatic rings. The van der Waals surface area contributed by atoms with Crippen LogP contribution < -0.4 is 5.32 Å². The first kappa shape index (κ1) is 15.1. The molecule has 1 rings (SSSR count). The van der Waals surface area contributed by atoms with Crippen molar-refractivity contribution in [2.45, 2.75) is 38.8 Å². The average Bonchev–Trinajstić information content (AvgIpc) is 2.39. The van der Waals surface area contributed by atoms with Crippen LogP contribution in [-0.4, -0.2) is 22.0 Å². The van der Waals surface area contributed by atoms with Crippen LogP contribution in [-0.2, 0) is 11.3 Å². The summed E-state index contributed by atoms with van der Waals surface area (Å²) in [5.41, 5.74) is 0.859. The van der Waals surface area contributed by atoms with Gasteiger partial charge >= 0.3 is 5.97 Å². The van der Waals surface area contributed by atoms with E-state index in [1.807, 2.05) is 6.92 Å². The molecule has 0 saturated carbocycles. The van der Waals surface area contributed by atoms with Crippen LogP contribution in [0.1, 0.15) is 31.7 Å². The summed E-state index contributed by atoms with van der Waals surface area (Å²) in [5, 5.41) is 22.5. The van der Waals surface area contributed by atoms with Crippen LogP contribution >= 0.6 is 0 Å². The van der Waals surface area contributed by atoms with Gasteiger partial charge < -0.3 is 10.4 Å².